The number of rotatable bonds is 11. The Morgan fingerprint density at radius 1 is 0.582 bits per heavy atom. The molecule has 55 heavy (non-hydrogen) atoms. The summed E-state index contributed by atoms with van der Waals surface area (Å²) in [5, 5.41) is 56.3. The average molecular weight is 782 g/mol. The second-order valence-electron chi connectivity index (χ2n) is 11.4. The number of phenols is 3. The maximum absolute atomic E-state index is 12.4. The highest BCUT2D eigenvalue weighted by atomic mass is 32.2. The zero-order valence-corrected chi connectivity index (χ0v) is 29.8. The van der Waals surface area contributed by atoms with Crippen LogP contribution in [-0.4, -0.2) is 54.6 Å². The van der Waals surface area contributed by atoms with Crippen LogP contribution in [0.1, 0.15) is 5.56 Å². The van der Waals surface area contributed by atoms with Gasteiger partial charge in [-0.1, -0.05) is 0 Å². The lowest BCUT2D eigenvalue weighted by Crippen LogP contribution is -1.99. The van der Waals surface area contributed by atoms with E-state index in [0.29, 0.717) is 28.4 Å². The first kappa shape index (κ1) is 37.8. The van der Waals surface area contributed by atoms with Crippen molar-refractivity contribution < 1.29 is 46.0 Å². The van der Waals surface area contributed by atoms with Crippen LogP contribution in [0, 0.1) is 0 Å². The molecule has 0 aliphatic heterocycles. The van der Waals surface area contributed by atoms with Crippen LogP contribution in [0.3, 0.4) is 0 Å². The van der Waals surface area contributed by atoms with Gasteiger partial charge in [0.05, 0.1) is 40.4 Å². The molecule has 6 rings (SSSR count). The number of azo groups is 3. The number of methoxy groups -OCH3 is 1. The van der Waals surface area contributed by atoms with Crippen molar-refractivity contribution in [2.24, 2.45) is 35.7 Å². The van der Waals surface area contributed by atoms with E-state index in [9.17, 15) is 36.7 Å². The van der Waals surface area contributed by atoms with E-state index in [1.807, 2.05) is 0 Å². The van der Waals surface area contributed by atoms with Gasteiger partial charge in [-0.3, -0.25) is 14.1 Å². The molecule has 0 aromatic heterocycles. The van der Waals surface area contributed by atoms with Gasteiger partial charge >= 0.3 is 0 Å². The quantitative estimate of drug-likeness (QED) is 0.0472. The highest BCUT2D eigenvalue weighted by Crippen LogP contribution is 2.42. The third-order valence-electron chi connectivity index (χ3n) is 7.64. The van der Waals surface area contributed by atoms with Gasteiger partial charge in [0.2, 0.25) is 0 Å². The van der Waals surface area contributed by atoms with Crippen molar-refractivity contribution in [1.82, 2.24) is 0 Å². The third-order valence-corrected chi connectivity index (χ3v) is 9.38. The summed E-state index contributed by atoms with van der Waals surface area (Å²) in [5.74, 6) is -0.707. The molecule has 0 unspecified atom stereocenters. The number of phenolic OH excluding ortho intramolecular Hbond substituents is 3. The number of hydrogen-bond donors (Lipinski definition) is 5. The van der Waals surface area contributed by atoms with Crippen LogP contribution < -0.4 is 4.74 Å². The Hall–Kier alpha value is -6.93. The van der Waals surface area contributed by atoms with Gasteiger partial charge in [-0.25, -0.2) is 0 Å². The fourth-order valence-electron chi connectivity index (χ4n) is 4.91. The van der Waals surface area contributed by atoms with E-state index in [-0.39, 0.29) is 44.2 Å². The van der Waals surface area contributed by atoms with E-state index in [0.717, 1.165) is 12.3 Å². The monoisotopic (exact) mass is 781 g/mol. The van der Waals surface area contributed by atoms with E-state index >= 15 is 0 Å². The molecule has 0 saturated carbocycles. The van der Waals surface area contributed by atoms with Crippen LogP contribution in [0.2, 0.25) is 0 Å². The fraction of sp³-hybridized carbons (Fsp3) is 0.0278. The SMILES string of the molecule is COc1cc(C=Nc2c(S(=O)(=O)O)cc3cc(N=Nc4ccc(O)cc4)ccc3c2O)c(O)cc1N=Nc1ccc(N=Nc2ccc(S(=O)(=O)O)cc2)cc1. The van der Waals surface area contributed by atoms with E-state index < -0.39 is 36.6 Å². The van der Waals surface area contributed by atoms with Crippen LogP contribution in [0.15, 0.2) is 155 Å². The van der Waals surface area contributed by atoms with Gasteiger partial charge in [0.25, 0.3) is 20.2 Å². The van der Waals surface area contributed by atoms with Crippen molar-refractivity contribution in [1.29, 1.82) is 0 Å². The molecular formula is C36H27N7O10S2. The topological polar surface area (TPSA) is 265 Å². The lowest BCUT2D eigenvalue weighted by atomic mass is 10.1. The summed E-state index contributed by atoms with van der Waals surface area (Å²) in [7, 11) is -7.89. The molecule has 278 valence electrons. The molecule has 6 aromatic rings. The molecule has 0 radical (unpaired) electrons. The summed E-state index contributed by atoms with van der Waals surface area (Å²) in [4.78, 5) is 3.14. The first-order valence-electron chi connectivity index (χ1n) is 15.6. The molecule has 5 N–H and O–H groups in total. The minimum Gasteiger partial charge on any atom is -0.508 e. The van der Waals surface area contributed by atoms with Gasteiger partial charge in [0.15, 0.2) is 0 Å². The van der Waals surface area contributed by atoms with Gasteiger partial charge in [0, 0.05) is 23.2 Å². The average Bonchev–Trinajstić information content (AvgIpc) is 3.15. The van der Waals surface area contributed by atoms with Crippen LogP contribution in [0.4, 0.5) is 39.8 Å². The molecule has 0 bridgehead atoms. The highest BCUT2D eigenvalue weighted by Gasteiger charge is 2.22. The van der Waals surface area contributed by atoms with Gasteiger partial charge in [0.1, 0.15) is 39.3 Å². The molecule has 0 spiro atoms. The Kier molecular flexibility index (Phi) is 10.7. The Bertz CT molecular complexity index is 2760. The molecule has 0 amide bonds. The number of benzene rings is 6. The molecule has 0 atom stereocenters. The van der Waals surface area contributed by atoms with E-state index in [1.165, 1.54) is 73.8 Å². The standard InChI is InChI=1S/C36H27N7O10S2/c1-53-33-17-22(32(45)19-31(33)43-41-24-4-2-23(3-5-24)38-39-26-8-13-29(14-9-26)54(47,48)49)20-37-35-34(55(50,51)52)18-21-16-27(10-15-30(21)36(35)46)42-40-25-6-11-28(44)12-7-25/h2-20,44-46H,1H3,(H,47,48,49)(H,50,51,52). The Labute approximate surface area is 312 Å². The van der Waals surface area contributed by atoms with Crippen LogP contribution in [-0.2, 0) is 20.2 Å². The van der Waals surface area contributed by atoms with Crippen molar-refractivity contribution in [3.05, 3.63) is 115 Å². The van der Waals surface area contributed by atoms with Crippen LogP contribution in [0.5, 0.6) is 23.0 Å². The van der Waals surface area contributed by atoms with Gasteiger partial charge < -0.3 is 20.1 Å². The summed E-state index contributed by atoms with van der Waals surface area (Å²) in [6.45, 7) is 0. The predicted octanol–water partition coefficient (Wildman–Crippen LogP) is 9.46. The number of fused-ring (bicyclic) bond motifs is 1. The summed E-state index contributed by atoms with van der Waals surface area (Å²) in [6, 6.07) is 25.7. The first-order chi connectivity index (χ1) is 26.2. The van der Waals surface area contributed by atoms with E-state index in [4.69, 9.17) is 9.29 Å². The van der Waals surface area contributed by atoms with Gasteiger partial charge in [-0.15, -0.1) is 5.11 Å². The molecule has 0 aliphatic rings. The van der Waals surface area contributed by atoms with Crippen molar-refractivity contribution in [2.45, 2.75) is 9.79 Å². The lowest BCUT2D eigenvalue weighted by Gasteiger charge is -2.10. The van der Waals surface area contributed by atoms with Gasteiger partial charge in [-0.2, -0.15) is 42.4 Å². The van der Waals surface area contributed by atoms with Crippen LogP contribution >= 0.6 is 0 Å². The predicted molar refractivity (Wildman–Crippen MR) is 201 cm³/mol. The van der Waals surface area contributed by atoms with Gasteiger partial charge in [-0.05, 0) is 109 Å². The molecular weight excluding hydrogens is 755 g/mol. The maximum atomic E-state index is 12.4. The molecule has 6 aromatic carbocycles. The largest absolute Gasteiger partial charge is 0.508 e. The Balaban J connectivity index is 1.22. The molecule has 0 heterocycles. The Morgan fingerprint density at radius 3 is 1.64 bits per heavy atom. The second kappa shape index (κ2) is 15.6. The number of nitrogens with zero attached hydrogens (tertiary/aromatic N) is 7. The smallest absolute Gasteiger partial charge is 0.296 e. The number of hydrogen-bond acceptors (Lipinski definition) is 15. The first-order valence-corrected chi connectivity index (χ1v) is 18.5. The van der Waals surface area contributed by atoms with Crippen LogP contribution in [0.25, 0.3) is 10.8 Å². The summed E-state index contributed by atoms with van der Waals surface area (Å²) in [6.07, 6.45) is 1.07. The summed E-state index contributed by atoms with van der Waals surface area (Å²) < 4.78 is 71.8. The van der Waals surface area contributed by atoms with Crippen molar-refractivity contribution >= 4 is 77.0 Å². The highest BCUT2D eigenvalue weighted by molar-refractivity contribution is 7.86. The number of aromatic hydroxyl groups is 3. The Morgan fingerprint density at radius 2 is 1.09 bits per heavy atom. The number of ether oxygens (including phenoxy) is 1. The zero-order valence-electron chi connectivity index (χ0n) is 28.2. The molecule has 0 fully saturated rings. The summed E-state index contributed by atoms with van der Waals surface area (Å²) >= 11 is 0. The third kappa shape index (κ3) is 9.18. The lowest BCUT2D eigenvalue weighted by molar-refractivity contribution is 0.413. The van der Waals surface area contributed by atoms with E-state index in [2.05, 4.69) is 35.7 Å². The van der Waals surface area contributed by atoms with Crippen molar-refractivity contribution in [2.75, 3.05) is 7.11 Å². The maximum Gasteiger partial charge on any atom is 0.296 e. The second-order valence-corrected chi connectivity index (χ2v) is 14.2. The summed E-state index contributed by atoms with van der Waals surface area (Å²) in [5.41, 5.74) is 1.63. The minimum atomic E-state index is -4.92. The molecule has 17 nitrogen and oxygen atoms in total. The normalized spacial score (nSPS) is 12.5. The van der Waals surface area contributed by atoms with Crippen molar-refractivity contribution in [3.63, 3.8) is 0 Å². The number of aliphatic imine (C=N–C) groups is 1. The molecule has 0 saturated heterocycles. The van der Waals surface area contributed by atoms with E-state index in [1.54, 1.807) is 36.4 Å². The zero-order chi connectivity index (χ0) is 39.3. The molecule has 19 heteroatoms. The molecule has 0 aliphatic carbocycles. The van der Waals surface area contributed by atoms with Crippen molar-refractivity contribution in [3.8, 4) is 23.0 Å². The fourth-order valence-corrected chi connectivity index (χ4v) is 6.06. The minimum absolute atomic E-state index is 0.0453.